The average molecular weight is 375 g/mol. The quantitative estimate of drug-likeness (QED) is 0.433. The first-order valence-corrected chi connectivity index (χ1v) is 9.62. The minimum atomic E-state index is -0.167. The van der Waals surface area contributed by atoms with E-state index in [1.54, 1.807) is 18.6 Å². The molecular formula is C20H17N5OS. The number of thioether (sulfide) groups is 1. The molecule has 0 aliphatic heterocycles. The molecule has 1 N–H and O–H groups in total. The van der Waals surface area contributed by atoms with Crippen molar-refractivity contribution in [3.63, 3.8) is 0 Å². The normalized spacial score (nSPS) is 11.1. The van der Waals surface area contributed by atoms with Crippen molar-refractivity contribution in [2.75, 3.05) is 6.26 Å². The molecule has 0 amide bonds. The Morgan fingerprint density at radius 3 is 2.59 bits per heavy atom. The van der Waals surface area contributed by atoms with E-state index in [4.69, 9.17) is 0 Å². The maximum absolute atomic E-state index is 12.6. The van der Waals surface area contributed by atoms with Gasteiger partial charge in [0.05, 0.1) is 17.6 Å². The van der Waals surface area contributed by atoms with Gasteiger partial charge in [-0.2, -0.15) is 0 Å². The van der Waals surface area contributed by atoms with Gasteiger partial charge in [0.25, 0.3) is 5.56 Å². The number of fused-ring (bicyclic) bond motifs is 1. The molecule has 6 nitrogen and oxygen atoms in total. The lowest BCUT2D eigenvalue weighted by Crippen LogP contribution is -2.10. The Balaban J connectivity index is 1.81. The van der Waals surface area contributed by atoms with Crippen LogP contribution < -0.4 is 5.56 Å². The van der Waals surface area contributed by atoms with Crippen LogP contribution in [0.2, 0.25) is 0 Å². The maximum atomic E-state index is 12.6. The van der Waals surface area contributed by atoms with Crippen molar-refractivity contribution in [2.24, 2.45) is 0 Å². The number of aryl methyl sites for hydroxylation is 2. The van der Waals surface area contributed by atoms with Crippen molar-refractivity contribution < 1.29 is 0 Å². The largest absolute Gasteiger partial charge is 0.306 e. The van der Waals surface area contributed by atoms with Crippen molar-refractivity contribution in [1.82, 2.24) is 24.9 Å². The van der Waals surface area contributed by atoms with E-state index in [0.29, 0.717) is 16.4 Å². The number of rotatable bonds is 3. The predicted molar refractivity (Wildman–Crippen MR) is 108 cm³/mol. The summed E-state index contributed by atoms with van der Waals surface area (Å²) in [6, 6.07) is 7.77. The first-order valence-electron chi connectivity index (χ1n) is 8.39. The molecule has 0 radical (unpaired) electrons. The lowest BCUT2D eigenvalue weighted by molar-refractivity contribution is 0.988. The molecule has 27 heavy (non-hydrogen) atoms. The van der Waals surface area contributed by atoms with Gasteiger partial charge in [0.15, 0.2) is 5.16 Å². The lowest BCUT2D eigenvalue weighted by Gasteiger charge is -2.09. The van der Waals surface area contributed by atoms with E-state index in [-0.39, 0.29) is 5.56 Å². The monoisotopic (exact) mass is 375 g/mol. The molecule has 0 aliphatic rings. The van der Waals surface area contributed by atoms with E-state index < -0.39 is 0 Å². The second-order valence-corrected chi connectivity index (χ2v) is 7.02. The third kappa shape index (κ3) is 3.33. The molecule has 0 spiro atoms. The Hall–Kier alpha value is -3.06. The highest BCUT2D eigenvalue weighted by Gasteiger charge is 2.11. The number of pyridine rings is 1. The maximum Gasteiger partial charge on any atom is 0.257 e. The summed E-state index contributed by atoms with van der Waals surface area (Å²) < 4.78 is 0. The zero-order valence-corrected chi connectivity index (χ0v) is 16.0. The fourth-order valence-electron chi connectivity index (χ4n) is 3.00. The van der Waals surface area contributed by atoms with Crippen LogP contribution in [0.15, 0.2) is 52.8 Å². The summed E-state index contributed by atoms with van der Waals surface area (Å²) in [5.74, 6) is 0. The number of hydrogen-bond donors (Lipinski definition) is 1. The van der Waals surface area contributed by atoms with Crippen LogP contribution >= 0.6 is 11.8 Å². The molecule has 0 saturated carbocycles. The Morgan fingerprint density at radius 2 is 1.85 bits per heavy atom. The minimum Gasteiger partial charge on any atom is -0.306 e. The topological polar surface area (TPSA) is 84.4 Å². The highest BCUT2D eigenvalue weighted by molar-refractivity contribution is 7.98. The Labute approximate surface area is 160 Å². The van der Waals surface area contributed by atoms with E-state index in [2.05, 4.69) is 24.9 Å². The SMILES string of the molecule is CSc1ncc2cc(-c3ccc(-c4cncc(C)n4)cc3C)c(=O)[nH]c2n1. The number of nitrogens with one attached hydrogen (secondary N) is 1. The molecule has 3 aromatic heterocycles. The van der Waals surface area contributed by atoms with Gasteiger partial charge < -0.3 is 4.98 Å². The van der Waals surface area contributed by atoms with Gasteiger partial charge in [-0.1, -0.05) is 23.9 Å². The van der Waals surface area contributed by atoms with Crippen LogP contribution in [0.4, 0.5) is 0 Å². The fourth-order valence-corrected chi connectivity index (χ4v) is 3.34. The van der Waals surface area contributed by atoms with E-state index in [0.717, 1.165) is 33.5 Å². The van der Waals surface area contributed by atoms with Gasteiger partial charge in [0, 0.05) is 28.9 Å². The lowest BCUT2D eigenvalue weighted by atomic mass is 9.98. The molecule has 0 fully saturated rings. The third-order valence-electron chi connectivity index (χ3n) is 4.32. The number of nitrogens with zero attached hydrogens (tertiary/aromatic N) is 4. The fraction of sp³-hybridized carbons (Fsp3) is 0.150. The zero-order chi connectivity index (χ0) is 19.0. The number of aromatic amines is 1. The van der Waals surface area contributed by atoms with Gasteiger partial charge in [-0.3, -0.25) is 9.78 Å². The summed E-state index contributed by atoms with van der Waals surface area (Å²) in [5.41, 5.74) is 5.49. The standard InChI is InChI=1S/C20H17N5OS/c1-11-6-13(17-10-21-8-12(2)23-17)4-5-15(11)16-7-14-9-22-20(27-3)25-18(14)24-19(16)26/h4-10H,1-3H3,(H,22,24,25,26). The van der Waals surface area contributed by atoms with Gasteiger partial charge in [-0.15, -0.1) is 0 Å². The second kappa shape index (κ2) is 6.92. The van der Waals surface area contributed by atoms with Gasteiger partial charge in [0.1, 0.15) is 5.65 Å². The summed E-state index contributed by atoms with van der Waals surface area (Å²) in [5, 5.41) is 1.43. The summed E-state index contributed by atoms with van der Waals surface area (Å²) in [4.78, 5) is 32.9. The van der Waals surface area contributed by atoms with E-state index >= 15 is 0 Å². The highest BCUT2D eigenvalue weighted by Crippen LogP contribution is 2.27. The van der Waals surface area contributed by atoms with Gasteiger partial charge in [0.2, 0.25) is 0 Å². The van der Waals surface area contributed by atoms with Gasteiger partial charge in [-0.05, 0) is 43.4 Å². The van der Waals surface area contributed by atoms with Crippen LogP contribution in [0, 0.1) is 13.8 Å². The number of hydrogen-bond acceptors (Lipinski definition) is 6. The molecule has 3 heterocycles. The van der Waals surface area contributed by atoms with E-state index in [9.17, 15) is 4.79 Å². The molecule has 4 rings (SSSR count). The molecule has 0 atom stereocenters. The molecule has 0 unspecified atom stereocenters. The number of benzene rings is 1. The summed E-state index contributed by atoms with van der Waals surface area (Å²) in [7, 11) is 0. The molecule has 7 heteroatoms. The molecule has 0 aliphatic carbocycles. The Bertz CT molecular complexity index is 1220. The predicted octanol–water partition coefficient (Wildman–Crippen LogP) is 3.78. The van der Waals surface area contributed by atoms with Crippen LogP contribution in [-0.4, -0.2) is 31.2 Å². The smallest absolute Gasteiger partial charge is 0.257 e. The summed E-state index contributed by atoms with van der Waals surface area (Å²) in [6.45, 7) is 3.90. The van der Waals surface area contributed by atoms with Gasteiger partial charge in [-0.25, -0.2) is 15.0 Å². The van der Waals surface area contributed by atoms with Gasteiger partial charge >= 0.3 is 0 Å². The minimum absolute atomic E-state index is 0.167. The third-order valence-corrected chi connectivity index (χ3v) is 4.88. The van der Waals surface area contributed by atoms with Crippen LogP contribution in [0.5, 0.6) is 0 Å². The Morgan fingerprint density at radius 1 is 1.00 bits per heavy atom. The van der Waals surface area contributed by atoms with Crippen LogP contribution in [0.3, 0.4) is 0 Å². The molecule has 134 valence electrons. The molecule has 4 aromatic rings. The summed E-state index contributed by atoms with van der Waals surface area (Å²) >= 11 is 1.44. The number of aromatic nitrogens is 5. The van der Waals surface area contributed by atoms with Crippen molar-refractivity contribution in [3.05, 3.63) is 64.5 Å². The van der Waals surface area contributed by atoms with Crippen molar-refractivity contribution in [1.29, 1.82) is 0 Å². The van der Waals surface area contributed by atoms with Crippen LogP contribution in [0.1, 0.15) is 11.3 Å². The van der Waals surface area contributed by atoms with Crippen molar-refractivity contribution in [2.45, 2.75) is 19.0 Å². The highest BCUT2D eigenvalue weighted by atomic mass is 32.2. The molecular weight excluding hydrogens is 358 g/mol. The zero-order valence-electron chi connectivity index (χ0n) is 15.1. The van der Waals surface area contributed by atoms with Crippen molar-refractivity contribution in [3.8, 4) is 22.4 Å². The van der Waals surface area contributed by atoms with E-state index in [1.807, 2.05) is 44.4 Å². The summed E-state index contributed by atoms with van der Waals surface area (Å²) in [6.07, 6.45) is 7.10. The first kappa shape index (κ1) is 17.4. The molecule has 1 aromatic carbocycles. The molecule has 0 saturated heterocycles. The Kier molecular flexibility index (Phi) is 4.45. The second-order valence-electron chi connectivity index (χ2n) is 6.25. The first-order chi connectivity index (χ1) is 13.0. The number of H-pyrrole nitrogens is 1. The van der Waals surface area contributed by atoms with Crippen LogP contribution in [-0.2, 0) is 0 Å². The average Bonchev–Trinajstić information content (AvgIpc) is 2.67. The van der Waals surface area contributed by atoms with E-state index in [1.165, 1.54) is 11.8 Å². The van der Waals surface area contributed by atoms with Crippen molar-refractivity contribution >= 4 is 22.8 Å². The molecule has 0 bridgehead atoms. The van der Waals surface area contributed by atoms with Crippen LogP contribution in [0.25, 0.3) is 33.4 Å².